The molecular weight excluding hydrogens is 403 g/mol. The molecule has 0 bridgehead atoms. The van der Waals surface area contributed by atoms with Crippen molar-refractivity contribution in [3.05, 3.63) is 46.9 Å². The van der Waals surface area contributed by atoms with E-state index in [1.54, 1.807) is 32.7 Å². The van der Waals surface area contributed by atoms with Crippen LogP contribution in [0.5, 0.6) is 17.2 Å². The van der Waals surface area contributed by atoms with Crippen molar-refractivity contribution in [2.75, 3.05) is 21.3 Å². The van der Waals surface area contributed by atoms with Gasteiger partial charge in [0.2, 0.25) is 0 Å². The fourth-order valence-electron chi connectivity index (χ4n) is 2.80. The third-order valence-electron chi connectivity index (χ3n) is 4.08. The molecule has 0 aliphatic carbocycles. The third kappa shape index (κ3) is 3.14. The van der Waals surface area contributed by atoms with Gasteiger partial charge in [0.25, 0.3) is 0 Å². The normalized spacial score (nSPS) is 10.7. The minimum Gasteiger partial charge on any atom is -0.495 e. The summed E-state index contributed by atoms with van der Waals surface area (Å²) in [6.45, 7) is 0. The Morgan fingerprint density at radius 2 is 1.54 bits per heavy atom. The topological polar surface area (TPSA) is 45.5 Å². The Morgan fingerprint density at radius 1 is 0.923 bits per heavy atom. The van der Waals surface area contributed by atoms with E-state index >= 15 is 0 Å². The molecule has 1 heterocycles. The summed E-state index contributed by atoms with van der Waals surface area (Å²) in [6.07, 6.45) is 1.69. The summed E-state index contributed by atoms with van der Waals surface area (Å²) in [5.74, 6) is 1.02. The van der Waals surface area contributed by atoms with Gasteiger partial charge in [0, 0.05) is 18.2 Å². The van der Waals surface area contributed by atoms with Crippen molar-refractivity contribution < 1.29 is 18.6 Å². The average molecular weight is 421 g/mol. The molecule has 1 aromatic heterocycles. The lowest BCUT2D eigenvalue weighted by molar-refractivity contribution is 0.386. The van der Waals surface area contributed by atoms with Crippen LogP contribution in [0, 0.1) is 5.82 Å². The Bertz CT molecular complexity index is 931. The largest absolute Gasteiger partial charge is 0.495 e. The van der Waals surface area contributed by atoms with Crippen LogP contribution in [0.1, 0.15) is 0 Å². The van der Waals surface area contributed by atoms with Crippen molar-refractivity contribution in [3.8, 4) is 39.8 Å². The van der Waals surface area contributed by atoms with Crippen molar-refractivity contribution in [1.29, 1.82) is 0 Å². The SMILES string of the molecule is COc1ccc(-c2c(-c3cc(OC)c(Br)c(OC)c3)ncn2C)cc1F. The van der Waals surface area contributed by atoms with E-state index in [4.69, 9.17) is 14.2 Å². The molecule has 7 heteroatoms. The first-order chi connectivity index (χ1) is 12.5. The predicted octanol–water partition coefficient (Wildman–Crippen LogP) is 4.68. The second kappa shape index (κ2) is 7.37. The van der Waals surface area contributed by atoms with Gasteiger partial charge in [-0.15, -0.1) is 0 Å². The van der Waals surface area contributed by atoms with Gasteiger partial charge in [-0.1, -0.05) is 0 Å². The number of rotatable bonds is 5. The molecule has 0 amide bonds. The molecule has 0 saturated carbocycles. The minimum atomic E-state index is -0.428. The van der Waals surface area contributed by atoms with Crippen molar-refractivity contribution in [2.45, 2.75) is 0 Å². The van der Waals surface area contributed by atoms with Gasteiger partial charge >= 0.3 is 0 Å². The van der Waals surface area contributed by atoms with Crippen LogP contribution in [0.4, 0.5) is 4.39 Å². The first kappa shape index (κ1) is 18.3. The Kier molecular flexibility index (Phi) is 5.18. The Morgan fingerprint density at radius 3 is 2.08 bits per heavy atom. The van der Waals surface area contributed by atoms with Crippen molar-refractivity contribution >= 4 is 15.9 Å². The number of aryl methyl sites for hydroxylation is 1. The quantitative estimate of drug-likeness (QED) is 0.600. The van der Waals surface area contributed by atoms with Crippen LogP contribution < -0.4 is 14.2 Å². The monoisotopic (exact) mass is 420 g/mol. The van der Waals surface area contributed by atoms with E-state index in [1.165, 1.54) is 13.2 Å². The molecule has 0 N–H and O–H groups in total. The zero-order valence-electron chi connectivity index (χ0n) is 14.8. The molecule has 0 aliphatic rings. The number of benzene rings is 2. The van der Waals surface area contributed by atoms with Crippen molar-refractivity contribution in [1.82, 2.24) is 9.55 Å². The summed E-state index contributed by atoms with van der Waals surface area (Å²) >= 11 is 3.46. The Balaban J connectivity index is 2.19. The summed E-state index contributed by atoms with van der Waals surface area (Å²) in [5, 5.41) is 0. The number of nitrogens with zero attached hydrogens (tertiary/aromatic N) is 2. The summed E-state index contributed by atoms with van der Waals surface area (Å²) < 4.78 is 32.6. The Hall–Kier alpha value is -2.54. The second-order valence-electron chi connectivity index (χ2n) is 5.60. The molecule has 0 saturated heterocycles. The lowest BCUT2D eigenvalue weighted by atomic mass is 10.0. The highest BCUT2D eigenvalue weighted by Crippen LogP contribution is 2.41. The molecule has 3 aromatic rings. The fourth-order valence-corrected chi connectivity index (χ4v) is 3.35. The number of methoxy groups -OCH3 is 3. The van der Waals surface area contributed by atoms with Gasteiger partial charge in [0.15, 0.2) is 11.6 Å². The van der Waals surface area contributed by atoms with Crippen LogP contribution in [-0.2, 0) is 7.05 Å². The highest BCUT2D eigenvalue weighted by molar-refractivity contribution is 9.10. The smallest absolute Gasteiger partial charge is 0.165 e. The van der Waals surface area contributed by atoms with Crippen LogP contribution in [0.2, 0.25) is 0 Å². The minimum absolute atomic E-state index is 0.199. The van der Waals surface area contributed by atoms with Gasteiger partial charge in [0.05, 0.1) is 39.0 Å². The molecule has 2 aromatic carbocycles. The van der Waals surface area contributed by atoms with Crippen molar-refractivity contribution in [3.63, 3.8) is 0 Å². The molecular formula is C19H18BrFN2O3. The number of aromatic nitrogens is 2. The average Bonchev–Trinajstić information content (AvgIpc) is 3.03. The van der Waals surface area contributed by atoms with Crippen LogP contribution in [-0.4, -0.2) is 30.9 Å². The van der Waals surface area contributed by atoms with E-state index < -0.39 is 5.82 Å². The van der Waals surface area contributed by atoms with Gasteiger partial charge in [-0.25, -0.2) is 9.37 Å². The van der Waals surface area contributed by atoms with Crippen LogP contribution in [0.3, 0.4) is 0 Å². The first-order valence-corrected chi connectivity index (χ1v) is 8.56. The molecule has 0 spiro atoms. The summed E-state index contributed by atoms with van der Waals surface area (Å²) in [7, 11) is 6.47. The number of halogens is 2. The summed E-state index contributed by atoms with van der Waals surface area (Å²) in [5.41, 5.74) is 2.96. The van der Waals surface area contributed by atoms with Gasteiger partial charge in [-0.3, -0.25) is 0 Å². The Labute approximate surface area is 159 Å². The number of imidazole rings is 1. The summed E-state index contributed by atoms with van der Waals surface area (Å²) in [4.78, 5) is 4.50. The van der Waals surface area contributed by atoms with E-state index in [9.17, 15) is 4.39 Å². The molecule has 0 fully saturated rings. The highest BCUT2D eigenvalue weighted by atomic mass is 79.9. The number of hydrogen-bond acceptors (Lipinski definition) is 4. The van der Waals surface area contributed by atoms with Crippen molar-refractivity contribution in [2.24, 2.45) is 7.05 Å². The molecule has 0 unspecified atom stereocenters. The molecule has 5 nitrogen and oxygen atoms in total. The zero-order chi connectivity index (χ0) is 18.8. The lowest BCUT2D eigenvalue weighted by Crippen LogP contribution is -1.95. The maximum Gasteiger partial charge on any atom is 0.165 e. The number of hydrogen-bond donors (Lipinski definition) is 0. The highest BCUT2D eigenvalue weighted by Gasteiger charge is 2.18. The van der Waals surface area contributed by atoms with Crippen LogP contribution in [0.15, 0.2) is 41.1 Å². The summed E-state index contributed by atoms with van der Waals surface area (Å²) in [6, 6.07) is 8.56. The van der Waals surface area contributed by atoms with E-state index in [0.29, 0.717) is 22.8 Å². The van der Waals surface area contributed by atoms with Gasteiger partial charge < -0.3 is 18.8 Å². The van der Waals surface area contributed by atoms with E-state index in [1.807, 2.05) is 23.7 Å². The van der Waals surface area contributed by atoms with E-state index in [-0.39, 0.29) is 5.75 Å². The zero-order valence-corrected chi connectivity index (χ0v) is 16.4. The molecule has 3 rings (SSSR count). The molecule has 0 atom stereocenters. The maximum atomic E-state index is 14.2. The second-order valence-corrected chi connectivity index (χ2v) is 6.39. The van der Waals surface area contributed by atoms with Gasteiger partial charge in [0.1, 0.15) is 16.0 Å². The fraction of sp³-hybridized carbons (Fsp3) is 0.211. The van der Waals surface area contributed by atoms with E-state index in [0.717, 1.165) is 15.7 Å². The predicted molar refractivity (Wildman–Crippen MR) is 101 cm³/mol. The molecule has 136 valence electrons. The number of ether oxygens (including phenoxy) is 3. The first-order valence-electron chi connectivity index (χ1n) is 7.77. The van der Waals surface area contributed by atoms with Gasteiger partial charge in [-0.05, 0) is 46.3 Å². The lowest BCUT2D eigenvalue weighted by Gasteiger charge is -2.13. The van der Waals surface area contributed by atoms with Gasteiger partial charge in [-0.2, -0.15) is 0 Å². The van der Waals surface area contributed by atoms with Crippen LogP contribution >= 0.6 is 15.9 Å². The van der Waals surface area contributed by atoms with E-state index in [2.05, 4.69) is 20.9 Å². The maximum absolute atomic E-state index is 14.2. The molecule has 0 aliphatic heterocycles. The molecule has 0 radical (unpaired) electrons. The van der Waals surface area contributed by atoms with Crippen LogP contribution in [0.25, 0.3) is 22.5 Å². The standard InChI is InChI=1S/C19H18BrFN2O3/c1-23-10-22-18(12-8-15(25-3)17(20)16(9-12)26-4)19(23)11-5-6-14(24-2)13(21)7-11/h5-10H,1-4H3. The third-order valence-corrected chi connectivity index (χ3v) is 4.86. The molecule has 26 heavy (non-hydrogen) atoms.